The van der Waals surface area contributed by atoms with Gasteiger partial charge in [-0.1, -0.05) is 6.07 Å². The normalized spacial score (nSPS) is 10.0. The second-order valence-electron chi connectivity index (χ2n) is 2.29. The van der Waals surface area contributed by atoms with Gasteiger partial charge in [0.1, 0.15) is 0 Å². The van der Waals surface area contributed by atoms with Gasteiger partial charge in [-0.3, -0.25) is 0 Å². The van der Waals surface area contributed by atoms with Crippen LogP contribution in [0.15, 0.2) is 22.7 Å². The summed E-state index contributed by atoms with van der Waals surface area (Å²) in [5, 5.41) is 0. The molecule has 2 nitrogen and oxygen atoms in total. The lowest BCUT2D eigenvalue weighted by atomic mass is 10.2. The average molecular weight is 216 g/mol. The molecule has 0 saturated carbocycles. The van der Waals surface area contributed by atoms with Crippen molar-refractivity contribution in [2.75, 3.05) is 12.8 Å². The molecule has 2 N–H and O–H groups in total. The van der Waals surface area contributed by atoms with E-state index in [1.54, 1.807) is 7.11 Å². The first-order valence-corrected chi connectivity index (χ1v) is 4.06. The number of methoxy groups -OCH3 is 1. The third-order valence-electron chi connectivity index (χ3n) is 1.37. The lowest BCUT2D eigenvalue weighted by Crippen LogP contribution is -1.91. The van der Waals surface area contributed by atoms with Crippen LogP contribution >= 0.6 is 15.9 Å². The molecule has 0 amide bonds. The van der Waals surface area contributed by atoms with E-state index >= 15 is 0 Å². The van der Waals surface area contributed by atoms with Crippen LogP contribution in [-0.4, -0.2) is 7.11 Å². The summed E-state index contributed by atoms with van der Waals surface area (Å²) in [4.78, 5) is 0. The van der Waals surface area contributed by atoms with Crippen molar-refractivity contribution < 1.29 is 4.74 Å². The van der Waals surface area contributed by atoms with Crippen LogP contribution in [0.3, 0.4) is 0 Å². The quantitative estimate of drug-likeness (QED) is 0.769. The second kappa shape index (κ2) is 3.74. The van der Waals surface area contributed by atoms with Crippen LogP contribution in [-0.2, 0) is 11.3 Å². The largest absolute Gasteiger partial charge is 0.398 e. The summed E-state index contributed by atoms with van der Waals surface area (Å²) in [6.45, 7) is 0.609. The summed E-state index contributed by atoms with van der Waals surface area (Å²) in [6.07, 6.45) is 0. The highest BCUT2D eigenvalue weighted by Gasteiger charge is 1.96. The molecule has 0 heterocycles. The number of halogens is 1. The van der Waals surface area contributed by atoms with Gasteiger partial charge in [0.25, 0.3) is 0 Å². The number of rotatable bonds is 2. The van der Waals surface area contributed by atoms with Crippen molar-refractivity contribution in [2.45, 2.75) is 6.61 Å². The number of benzene rings is 1. The maximum Gasteiger partial charge on any atom is 0.0713 e. The Bertz CT molecular complexity index is 250. The fourth-order valence-corrected chi connectivity index (χ4v) is 1.10. The zero-order valence-corrected chi connectivity index (χ0v) is 7.89. The van der Waals surface area contributed by atoms with Gasteiger partial charge in [-0.2, -0.15) is 0 Å². The fourth-order valence-electron chi connectivity index (χ4n) is 0.850. The molecule has 0 saturated heterocycles. The highest BCUT2D eigenvalue weighted by molar-refractivity contribution is 9.10. The SMILES string of the molecule is COCc1ccc(Br)c(N)c1. The molecule has 1 rings (SSSR count). The van der Waals surface area contributed by atoms with Gasteiger partial charge < -0.3 is 10.5 Å². The van der Waals surface area contributed by atoms with Gasteiger partial charge in [-0.05, 0) is 33.6 Å². The monoisotopic (exact) mass is 215 g/mol. The molecule has 0 bridgehead atoms. The maximum absolute atomic E-state index is 5.65. The van der Waals surface area contributed by atoms with E-state index in [9.17, 15) is 0 Å². The van der Waals surface area contributed by atoms with Crippen LogP contribution in [0, 0.1) is 0 Å². The van der Waals surface area contributed by atoms with E-state index in [4.69, 9.17) is 10.5 Å². The summed E-state index contributed by atoms with van der Waals surface area (Å²) in [5.41, 5.74) is 7.49. The first-order chi connectivity index (χ1) is 5.24. The standard InChI is InChI=1S/C8H10BrNO/c1-11-5-6-2-3-7(9)8(10)4-6/h2-4H,5,10H2,1H3. The molecule has 0 aliphatic heterocycles. The van der Waals surface area contributed by atoms with Gasteiger partial charge in [0.05, 0.1) is 6.61 Å². The van der Waals surface area contributed by atoms with Gasteiger partial charge >= 0.3 is 0 Å². The molecule has 0 atom stereocenters. The van der Waals surface area contributed by atoms with Crippen molar-refractivity contribution in [3.05, 3.63) is 28.2 Å². The Balaban J connectivity index is 2.86. The molecule has 0 spiro atoms. The molecule has 0 aliphatic rings. The molecule has 0 aromatic heterocycles. The van der Waals surface area contributed by atoms with Crippen LogP contribution in [0.4, 0.5) is 5.69 Å². The van der Waals surface area contributed by atoms with E-state index in [-0.39, 0.29) is 0 Å². The predicted octanol–water partition coefficient (Wildman–Crippen LogP) is 2.18. The first-order valence-electron chi connectivity index (χ1n) is 3.27. The minimum absolute atomic E-state index is 0.609. The van der Waals surface area contributed by atoms with Crippen LogP contribution < -0.4 is 5.73 Å². The summed E-state index contributed by atoms with van der Waals surface area (Å²) in [7, 11) is 1.66. The lowest BCUT2D eigenvalue weighted by Gasteiger charge is -2.01. The molecule has 0 radical (unpaired) electrons. The number of hydrogen-bond donors (Lipinski definition) is 1. The van der Waals surface area contributed by atoms with Crippen LogP contribution in [0.2, 0.25) is 0 Å². The molecule has 0 fully saturated rings. The zero-order valence-electron chi connectivity index (χ0n) is 6.30. The molecule has 11 heavy (non-hydrogen) atoms. The van der Waals surface area contributed by atoms with Gasteiger partial charge in [0, 0.05) is 17.3 Å². The summed E-state index contributed by atoms with van der Waals surface area (Å²) in [5.74, 6) is 0. The lowest BCUT2D eigenvalue weighted by molar-refractivity contribution is 0.185. The van der Waals surface area contributed by atoms with E-state index in [0.717, 1.165) is 15.7 Å². The third-order valence-corrected chi connectivity index (χ3v) is 2.09. The van der Waals surface area contributed by atoms with Crippen molar-refractivity contribution in [3.8, 4) is 0 Å². The topological polar surface area (TPSA) is 35.2 Å². The molecular weight excluding hydrogens is 206 g/mol. The predicted molar refractivity (Wildman–Crippen MR) is 49.3 cm³/mol. The Morgan fingerprint density at radius 1 is 1.55 bits per heavy atom. The number of nitrogens with two attached hydrogens (primary N) is 1. The number of nitrogen functional groups attached to an aromatic ring is 1. The Hall–Kier alpha value is -0.540. The Morgan fingerprint density at radius 3 is 2.82 bits per heavy atom. The van der Waals surface area contributed by atoms with Gasteiger partial charge in [-0.15, -0.1) is 0 Å². The summed E-state index contributed by atoms with van der Waals surface area (Å²) in [6, 6.07) is 5.79. The van der Waals surface area contributed by atoms with Crippen molar-refractivity contribution >= 4 is 21.6 Å². The van der Waals surface area contributed by atoms with Crippen molar-refractivity contribution in [1.82, 2.24) is 0 Å². The third kappa shape index (κ3) is 2.20. The smallest absolute Gasteiger partial charge is 0.0713 e. The number of hydrogen-bond acceptors (Lipinski definition) is 2. The Morgan fingerprint density at radius 2 is 2.27 bits per heavy atom. The van der Waals surface area contributed by atoms with Crippen molar-refractivity contribution in [2.24, 2.45) is 0 Å². The van der Waals surface area contributed by atoms with Crippen LogP contribution in [0.25, 0.3) is 0 Å². The second-order valence-corrected chi connectivity index (χ2v) is 3.14. The first kappa shape index (κ1) is 8.56. The highest BCUT2D eigenvalue weighted by atomic mass is 79.9. The zero-order chi connectivity index (χ0) is 8.27. The molecule has 1 aromatic carbocycles. The summed E-state index contributed by atoms with van der Waals surface area (Å²) < 4.78 is 5.88. The maximum atomic E-state index is 5.65. The van der Waals surface area contributed by atoms with Crippen molar-refractivity contribution in [3.63, 3.8) is 0 Å². The molecule has 3 heteroatoms. The van der Waals surface area contributed by atoms with Gasteiger partial charge in [-0.25, -0.2) is 0 Å². The van der Waals surface area contributed by atoms with E-state index in [1.807, 2.05) is 18.2 Å². The molecule has 0 aliphatic carbocycles. The molecule has 0 unspecified atom stereocenters. The Kier molecular flexibility index (Phi) is 2.91. The van der Waals surface area contributed by atoms with Crippen LogP contribution in [0.5, 0.6) is 0 Å². The number of anilines is 1. The fraction of sp³-hybridized carbons (Fsp3) is 0.250. The molecular formula is C8H10BrNO. The van der Waals surface area contributed by atoms with E-state index in [0.29, 0.717) is 6.61 Å². The minimum atomic E-state index is 0.609. The van der Waals surface area contributed by atoms with Crippen LogP contribution in [0.1, 0.15) is 5.56 Å². The summed E-state index contributed by atoms with van der Waals surface area (Å²) >= 11 is 3.31. The highest BCUT2D eigenvalue weighted by Crippen LogP contribution is 2.20. The van der Waals surface area contributed by atoms with Crippen molar-refractivity contribution in [1.29, 1.82) is 0 Å². The van der Waals surface area contributed by atoms with E-state index in [2.05, 4.69) is 15.9 Å². The van der Waals surface area contributed by atoms with Gasteiger partial charge in [0.2, 0.25) is 0 Å². The minimum Gasteiger partial charge on any atom is -0.398 e. The number of ether oxygens (including phenoxy) is 1. The molecule has 1 aromatic rings. The Labute approximate surface area is 74.5 Å². The molecule has 60 valence electrons. The van der Waals surface area contributed by atoms with E-state index in [1.165, 1.54) is 0 Å². The van der Waals surface area contributed by atoms with E-state index < -0.39 is 0 Å². The average Bonchev–Trinajstić information content (AvgIpc) is 1.98. The van der Waals surface area contributed by atoms with Gasteiger partial charge in [0.15, 0.2) is 0 Å².